The number of nitrogen functional groups attached to an aromatic ring is 1. The van der Waals surface area contributed by atoms with Gasteiger partial charge in [-0.3, -0.25) is 0 Å². The zero-order valence-corrected chi connectivity index (χ0v) is 12.2. The van der Waals surface area contributed by atoms with Gasteiger partial charge < -0.3 is 10.5 Å². The van der Waals surface area contributed by atoms with Crippen LogP contribution in [0.25, 0.3) is 10.4 Å². The number of benzene rings is 1. The van der Waals surface area contributed by atoms with Crippen LogP contribution in [0.15, 0.2) is 18.2 Å². The summed E-state index contributed by atoms with van der Waals surface area (Å²) in [6.07, 6.45) is 0.769. The van der Waals surface area contributed by atoms with Gasteiger partial charge in [-0.2, -0.15) is 5.26 Å². The van der Waals surface area contributed by atoms with Crippen LogP contribution >= 0.6 is 22.9 Å². The molecule has 5 heteroatoms. The summed E-state index contributed by atoms with van der Waals surface area (Å²) >= 11 is 7.36. The van der Waals surface area contributed by atoms with Crippen molar-refractivity contribution in [3.8, 4) is 22.3 Å². The number of hydrogen-bond donors (Lipinski definition) is 1. The van der Waals surface area contributed by atoms with Crippen LogP contribution in [-0.4, -0.2) is 7.11 Å². The molecule has 98 valence electrons. The van der Waals surface area contributed by atoms with Crippen molar-refractivity contribution in [3.05, 3.63) is 33.7 Å². The number of ether oxygens (including phenoxy) is 1. The first-order chi connectivity index (χ1) is 9.12. The van der Waals surface area contributed by atoms with E-state index in [4.69, 9.17) is 27.3 Å². The van der Waals surface area contributed by atoms with Gasteiger partial charge in [-0.05, 0) is 30.2 Å². The number of nitrogens with two attached hydrogens (primary N) is 1. The van der Waals surface area contributed by atoms with Crippen LogP contribution < -0.4 is 10.5 Å². The number of halogens is 1. The maximum absolute atomic E-state index is 9.10. The van der Waals surface area contributed by atoms with Gasteiger partial charge >= 0.3 is 0 Å². The van der Waals surface area contributed by atoms with Crippen LogP contribution in [-0.2, 0) is 6.42 Å². The predicted octanol–water partition coefficient (Wildman–Crippen LogP) is 4.09. The quantitative estimate of drug-likeness (QED) is 0.927. The molecular weight excluding hydrogens is 280 g/mol. The van der Waals surface area contributed by atoms with E-state index in [0.717, 1.165) is 22.4 Å². The lowest BCUT2D eigenvalue weighted by molar-refractivity contribution is 0.416. The van der Waals surface area contributed by atoms with Gasteiger partial charge in [0.2, 0.25) is 0 Å². The molecule has 3 nitrogen and oxygen atoms in total. The Balaban J connectivity index is 2.69. The van der Waals surface area contributed by atoms with Crippen LogP contribution in [0.1, 0.15) is 17.4 Å². The highest BCUT2D eigenvalue weighted by Gasteiger charge is 2.18. The van der Waals surface area contributed by atoms with E-state index in [2.05, 4.69) is 6.07 Å². The second-order valence-electron chi connectivity index (χ2n) is 3.96. The third kappa shape index (κ3) is 2.40. The molecule has 0 radical (unpaired) electrons. The molecule has 0 fully saturated rings. The third-order valence-corrected chi connectivity index (χ3v) is 4.33. The molecule has 0 aliphatic rings. The van der Waals surface area contributed by atoms with Crippen LogP contribution in [0.3, 0.4) is 0 Å². The molecule has 2 rings (SSSR count). The van der Waals surface area contributed by atoms with Crippen molar-refractivity contribution in [2.24, 2.45) is 0 Å². The highest BCUT2D eigenvalue weighted by Crippen LogP contribution is 2.43. The van der Waals surface area contributed by atoms with Crippen molar-refractivity contribution >= 4 is 28.6 Å². The molecule has 1 heterocycles. The van der Waals surface area contributed by atoms with Crippen LogP contribution in [0.5, 0.6) is 5.75 Å². The summed E-state index contributed by atoms with van der Waals surface area (Å²) in [5.74, 6) is 0.688. The maximum atomic E-state index is 9.10. The topological polar surface area (TPSA) is 59.0 Å². The van der Waals surface area contributed by atoms with E-state index < -0.39 is 0 Å². The van der Waals surface area contributed by atoms with Gasteiger partial charge in [0, 0.05) is 15.5 Å². The number of nitrogens with zero attached hydrogens (tertiary/aromatic N) is 1. The molecule has 2 aromatic rings. The molecule has 0 amide bonds. The number of thiophene rings is 1. The van der Waals surface area contributed by atoms with E-state index >= 15 is 0 Å². The van der Waals surface area contributed by atoms with E-state index in [0.29, 0.717) is 21.3 Å². The molecular formula is C14H13ClN2OS. The molecule has 0 saturated heterocycles. The first-order valence-corrected chi connectivity index (χ1v) is 6.97. The zero-order chi connectivity index (χ0) is 14.0. The van der Waals surface area contributed by atoms with Gasteiger partial charge in [-0.15, -0.1) is 11.3 Å². The van der Waals surface area contributed by atoms with Gasteiger partial charge in [-0.25, -0.2) is 0 Å². The summed E-state index contributed by atoms with van der Waals surface area (Å²) in [6.45, 7) is 2.02. The van der Waals surface area contributed by atoms with E-state index in [1.54, 1.807) is 19.2 Å². The molecule has 1 aromatic heterocycles. The standard InChI is InChI=1S/C14H13ClN2OS/c1-3-9-13(17)12(7-16)19-14(9)10-5-4-8(15)6-11(10)18-2/h4-6H,3,17H2,1-2H3. The van der Waals surface area contributed by atoms with Crippen LogP contribution in [0.4, 0.5) is 5.69 Å². The summed E-state index contributed by atoms with van der Waals surface area (Å²) < 4.78 is 5.36. The zero-order valence-electron chi connectivity index (χ0n) is 10.7. The van der Waals surface area contributed by atoms with Crippen molar-refractivity contribution in [3.63, 3.8) is 0 Å². The SMILES string of the molecule is CCc1c(-c2ccc(Cl)cc2OC)sc(C#N)c1N. The Morgan fingerprint density at radius 2 is 2.21 bits per heavy atom. The molecule has 0 aliphatic carbocycles. The van der Waals surface area contributed by atoms with Crippen molar-refractivity contribution in [2.45, 2.75) is 13.3 Å². The lowest BCUT2D eigenvalue weighted by Crippen LogP contribution is -1.93. The van der Waals surface area contributed by atoms with Crippen molar-refractivity contribution in [1.82, 2.24) is 0 Å². The van der Waals surface area contributed by atoms with E-state index in [1.807, 2.05) is 13.0 Å². The van der Waals surface area contributed by atoms with Gasteiger partial charge in [-0.1, -0.05) is 18.5 Å². The molecule has 0 bridgehead atoms. The minimum atomic E-state index is 0.545. The first kappa shape index (κ1) is 13.7. The largest absolute Gasteiger partial charge is 0.496 e. The number of hydrogen-bond acceptors (Lipinski definition) is 4. The Kier molecular flexibility index (Phi) is 3.98. The average molecular weight is 293 g/mol. The average Bonchev–Trinajstić information content (AvgIpc) is 2.74. The second kappa shape index (κ2) is 5.52. The predicted molar refractivity (Wildman–Crippen MR) is 79.8 cm³/mol. The van der Waals surface area contributed by atoms with Crippen molar-refractivity contribution in [1.29, 1.82) is 5.26 Å². The first-order valence-electron chi connectivity index (χ1n) is 5.77. The number of nitriles is 1. The lowest BCUT2D eigenvalue weighted by atomic mass is 10.1. The molecule has 2 N–H and O–H groups in total. The maximum Gasteiger partial charge on any atom is 0.128 e. The minimum absolute atomic E-state index is 0.545. The Labute approximate surface area is 121 Å². The number of anilines is 1. The van der Waals surface area contributed by atoms with Gasteiger partial charge in [0.15, 0.2) is 0 Å². The highest BCUT2D eigenvalue weighted by molar-refractivity contribution is 7.16. The normalized spacial score (nSPS) is 10.2. The van der Waals surface area contributed by atoms with Crippen LogP contribution in [0.2, 0.25) is 5.02 Å². The fourth-order valence-corrected chi connectivity index (χ4v) is 3.28. The summed E-state index contributed by atoms with van der Waals surface area (Å²) in [6, 6.07) is 7.60. The van der Waals surface area contributed by atoms with Gasteiger partial charge in [0.05, 0.1) is 12.8 Å². The number of methoxy groups -OCH3 is 1. The Morgan fingerprint density at radius 3 is 2.79 bits per heavy atom. The van der Waals surface area contributed by atoms with Crippen LogP contribution in [0, 0.1) is 11.3 Å². The summed E-state index contributed by atoms with van der Waals surface area (Å²) in [5, 5.41) is 9.71. The van der Waals surface area contributed by atoms with E-state index in [9.17, 15) is 0 Å². The Bertz CT molecular complexity index is 658. The van der Waals surface area contributed by atoms with Gasteiger partial charge in [0.1, 0.15) is 16.7 Å². The highest BCUT2D eigenvalue weighted by atomic mass is 35.5. The lowest BCUT2D eigenvalue weighted by Gasteiger charge is -2.09. The van der Waals surface area contributed by atoms with Crippen molar-refractivity contribution < 1.29 is 4.74 Å². The molecule has 0 atom stereocenters. The van der Waals surface area contributed by atoms with Gasteiger partial charge in [0.25, 0.3) is 0 Å². The molecule has 1 aromatic carbocycles. The monoisotopic (exact) mass is 292 g/mol. The number of rotatable bonds is 3. The van der Waals surface area contributed by atoms with E-state index in [1.165, 1.54) is 11.3 Å². The fourth-order valence-electron chi connectivity index (χ4n) is 1.98. The second-order valence-corrected chi connectivity index (χ2v) is 5.42. The summed E-state index contributed by atoms with van der Waals surface area (Å²) in [7, 11) is 1.60. The smallest absolute Gasteiger partial charge is 0.128 e. The molecule has 0 spiro atoms. The molecule has 0 unspecified atom stereocenters. The molecule has 0 saturated carbocycles. The summed E-state index contributed by atoms with van der Waals surface area (Å²) in [5.41, 5.74) is 8.48. The fraction of sp³-hybridized carbons (Fsp3) is 0.214. The molecule has 19 heavy (non-hydrogen) atoms. The Morgan fingerprint density at radius 1 is 1.47 bits per heavy atom. The third-order valence-electron chi connectivity index (χ3n) is 2.91. The summed E-state index contributed by atoms with van der Waals surface area (Å²) in [4.78, 5) is 1.52. The minimum Gasteiger partial charge on any atom is -0.496 e. The molecule has 0 aliphatic heterocycles. The Hall–Kier alpha value is -1.70. The van der Waals surface area contributed by atoms with E-state index in [-0.39, 0.29) is 0 Å². The van der Waals surface area contributed by atoms with Crippen molar-refractivity contribution in [2.75, 3.05) is 12.8 Å².